The summed E-state index contributed by atoms with van der Waals surface area (Å²) in [7, 11) is 0. The fourth-order valence-corrected chi connectivity index (χ4v) is 4.42. The minimum Gasteiger partial charge on any atom is -0.445 e. The molecule has 3 rings (SSSR count). The second kappa shape index (κ2) is 12.3. The number of rotatable bonds is 9. The van der Waals surface area contributed by atoms with Gasteiger partial charge in [0.05, 0.1) is 0 Å². The molecule has 0 heterocycles. The Hall–Kier alpha value is -3.42. The van der Waals surface area contributed by atoms with E-state index in [1.165, 1.54) is 24.3 Å². The van der Waals surface area contributed by atoms with Gasteiger partial charge in [-0.2, -0.15) is 0 Å². The van der Waals surface area contributed by atoms with E-state index in [0.29, 0.717) is 24.4 Å². The van der Waals surface area contributed by atoms with Crippen molar-refractivity contribution in [3.63, 3.8) is 0 Å². The van der Waals surface area contributed by atoms with E-state index in [0.717, 1.165) is 30.4 Å². The first-order chi connectivity index (χ1) is 16.7. The second-order valence-electron chi connectivity index (χ2n) is 9.49. The number of nitrogens with one attached hydrogen (secondary N) is 2. The highest BCUT2D eigenvalue weighted by Crippen LogP contribution is 2.38. The normalized spacial score (nSPS) is 18.5. The molecule has 1 aliphatic rings. The van der Waals surface area contributed by atoms with Gasteiger partial charge in [0.25, 0.3) is 0 Å². The van der Waals surface area contributed by atoms with Crippen molar-refractivity contribution >= 4 is 17.9 Å². The number of carbonyl (C=O) groups excluding carboxylic acids is 3. The SMILES string of the molecule is CC(C)CNC(=O)OCc1ccc(C2CCCCC2C(=O)NC(C(N)=O)c2ccc(F)cc2)cc1. The van der Waals surface area contributed by atoms with Crippen LogP contribution in [0.15, 0.2) is 48.5 Å². The van der Waals surface area contributed by atoms with Crippen molar-refractivity contribution in [2.75, 3.05) is 6.54 Å². The van der Waals surface area contributed by atoms with E-state index in [2.05, 4.69) is 10.6 Å². The molecule has 0 bridgehead atoms. The smallest absolute Gasteiger partial charge is 0.407 e. The fourth-order valence-electron chi connectivity index (χ4n) is 4.42. The number of hydrogen-bond donors (Lipinski definition) is 3. The summed E-state index contributed by atoms with van der Waals surface area (Å²) in [6, 6.07) is 12.1. The van der Waals surface area contributed by atoms with Crippen molar-refractivity contribution in [1.82, 2.24) is 10.6 Å². The predicted molar refractivity (Wildman–Crippen MR) is 131 cm³/mol. The molecule has 0 aliphatic heterocycles. The first-order valence-electron chi connectivity index (χ1n) is 12.1. The van der Waals surface area contributed by atoms with Gasteiger partial charge in [-0.3, -0.25) is 9.59 Å². The van der Waals surface area contributed by atoms with Crippen LogP contribution in [0.3, 0.4) is 0 Å². The number of alkyl carbamates (subject to hydrolysis) is 1. The van der Waals surface area contributed by atoms with Crippen LogP contribution in [0.2, 0.25) is 0 Å². The van der Waals surface area contributed by atoms with E-state index in [9.17, 15) is 18.8 Å². The number of hydrogen-bond acceptors (Lipinski definition) is 4. The highest BCUT2D eigenvalue weighted by Gasteiger charge is 2.34. The Morgan fingerprint density at radius 2 is 1.69 bits per heavy atom. The lowest BCUT2D eigenvalue weighted by atomic mass is 9.74. The van der Waals surface area contributed by atoms with Gasteiger partial charge in [0.15, 0.2) is 0 Å². The number of carbonyl (C=O) groups is 3. The van der Waals surface area contributed by atoms with E-state index in [4.69, 9.17) is 10.5 Å². The van der Waals surface area contributed by atoms with Gasteiger partial charge >= 0.3 is 6.09 Å². The van der Waals surface area contributed by atoms with Gasteiger partial charge in [-0.15, -0.1) is 0 Å². The van der Waals surface area contributed by atoms with Crippen LogP contribution in [0.4, 0.5) is 9.18 Å². The molecule has 0 radical (unpaired) electrons. The van der Waals surface area contributed by atoms with Crippen LogP contribution in [0.5, 0.6) is 0 Å². The molecule has 0 spiro atoms. The maximum atomic E-state index is 13.3. The topological polar surface area (TPSA) is 111 Å². The Morgan fingerprint density at radius 3 is 2.31 bits per heavy atom. The zero-order valence-electron chi connectivity index (χ0n) is 20.3. The van der Waals surface area contributed by atoms with Gasteiger partial charge in [-0.1, -0.05) is 63.1 Å². The lowest BCUT2D eigenvalue weighted by molar-refractivity contribution is -0.131. The molecule has 1 aliphatic carbocycles. The summed E-state index contributed by atoms with van der Waals surface area (Å²) in [4.78, 5) is 37.1. The van der Waals surface area contributed by atoms with E-state index in [1.54, 1.807) is 0 Å². The molecule has 2 aromatic carbocycles. The average molecular weight is 484 g/mol. The third-order valence-electron chi connectivity index (χ3n) is 6.31. The van der Waals surface area contributed by atoms with E-state index in [1.807, 2.05) is 38.1 Å². The third kappa shape index (κ3) is 7.53. The number of benzene rings is 2. The molecule has 3 unspecified atom stereocenters. The number of halogens is 1. The van der Waals surface area contributed by atoms with Gasteiger partial charge in [0.2, 0.25) is 11.8 Å². The second-order valence-corrected chi connectivity index (χ2v) is 9.49. The highest BCUT2D eigenvalue weighted by molar-refractivity contribution is 5.89. The van der Waals surface area contributed by atoms with Crippen molar-refractivity contribution in [3.05, 3.63) is 71.0 Å². The quantitative estimate of drug-likeness (QED) is 0.493. The molecule has 3 amide bonds. The summed E-state index contributed by atoms with van der Waals surface area (Å²) >= 11 is 0. The van der Waals surface area contributed by atoms with E-state index < -0.39 is 23.9 Å². The monoisotopic (exact) mass is 483 g/mol. The van der Waals surface area contributed by atoms with Gasteiger partial charge < -0.3 is 21.1 Å². The number of amides is 3. The fraction of sp³-hybridized carbons (Fsp3) is 0.444. The Morgan fingerprint density at radius 1 is 1.03 bits per heavy atom. The van der Waals surface area contributed by atoms with Crippen molar-refractivity contribution in [1.29, 1.82) is 0 Å². The van der Waals surface area contributed by atoms with Gasteiger partial charge in [0, 0.05) is 12.5 Å². The lowest BCUT2D eigenvalue weighted by Crippen LogP contribution is -2.42. The molecule has 2 aromatic rings. The third-order valence-corrected chi connectivity index (χ3v) is 6.31. The molecule has 4 N–H and O–H groups in total. The summed E-state index contributed by atoms with van der Waals surface area (Å²) in [6.45, 7) is 4.74. The predicted octanol–water partition coefficient (Wildman–Crippen LogP) is 4.32. The van der Waals surface area contributed by atoms with Crippen LogP contribution in [0.25, 0.3) is 0 Å². The van der Waals surface area contributed by atoms with Gasteiger partial charge in [-0.25, -0.2) is 9.18 Å². The van der Waals surface area contributed by atoms with Gasteiger partial charge in [-0.05, 0) is 53.5 Å². The minimum atomic E-state index is -1.02. The van der Waals surface area contributed by atoms with Crippen molar-refractivity contribution in [2.45, 2.75) is 58.1 Å². The zero-order valence-corrected chi connectivity index (χ0v) is 20.3. The van der Waals surface area contributed by atoms with Crippen molar-refractivity contribution in [3.8, 4) is 0 Å². The van der Waals surface area contributed by atoms with Crippen LogP contribution in [0.1, 0.15) is 68.2 Å². The number of ether oxygens (including phenoxy) is 1. The number of nitrogens with two attached hydrogens (primary N) is 1. The molecular formula is C27H34FN3O4. The lowest BCUT2D eigenvalue weighted by Gasteiger charge is -2.32. The summed E-state index contributed by atoms with van der Waals surface area (Å²) in [5, 5.41) is 5.50. The first-order valence-corrected chi connectivity index (χ1v) is 12.1. The van der Waals surface area contributed by atoms with E-state index >= 15 is 0 Å². The Bertz CT molecular complexity index is 1010. The maximum Gasteiger partial charge on any atom is 0.407 e. The Labute approximate surface area is 205 Å². The average Bonchev–Trinajstić information content (AvgIpc) is 2.85. The molecule has 7 nitrogen and oxygen atoms in total. The first kappa shape index (κ1) is 26.2. The molecule has 8 heteroatoms. The highest BCUT2D eigenvalue weighted by atomic mass is 19.1. The molecule has 1 fully saturated rings. The Kier molecular flexibility index (Phi) is 9.23. The molecule has 188 valence electrons. The standard InChI is InChI=1S/C27H34FN3O4/c1-17(2)15-30-27(34)35-16-18-7-9-19(10-8-18)22-5-3-4-6-23(22)26(33)31-24(25(29)32)20-11-13-21(28)14-12-20/h7-14,17,22-24H,3-6,15-16H2,1-2H3,(H2,29,32)(H,30,34)(H,31,33). The molecular weight excluding hydrogens is 449 g/mol. The van der Waals surface area contributed by atoms with Gasteiger partial charge in [0.1, 0.15) is 18.5 Å². The van der Waals surface area contributed by atoms with Crippen LogP contribution in [0, 0.1) is 17.7 Å². The molecule has 3 atom stereocenters. The van der Waals surface area contributed by atoms with Crippen LogP contribution >= 0.6 is 0 Å². The summed E-state index contributed by atoms with van der Waals surface area (Å²) in [6.07, 6.45) is 3.03. The molecule has 0 aromatic heterocycles. The molecule has 35 heavy (non-hydrogen) atoms. The van der Waals surface area contributed by atoms with Crippen LogP contribution < -0.4 is 16.4 Å². The summed E-state index contributed by atoms with van der Waals surface area (Å²) in [5.74, 6) is -1.34. The van der Waals surface area contributed by atoms with Crippen molar-refractivity contribution < 1.29 is 23.5 Å². The zero-order chi connectivity index (χ0) is 25.4. The summed E-state index contributed by atoms with van der Waals surface area (Å²) in [5.41, 5.74) is 7.87. The largest absolute Gasteiger partial charge is 0.445 e. The van der Waals surface area contributed by atoms with Crippen molar-refractivity contribution in [2.24, 2.45) is 17.6 Å². The summed E-state index contributed by atoms with van der Waals surface area (Å²) < 4.78 is 18.5. The van der Waals surface area contributed by atoms with Crippen LogP contribution in [-0.2, 0) is 20.9 Å². The van der Waals surface area contributed by atoms with E-state index in [-0.39, 0.29) is 24.3 Å². The van der Waals surface area contributed by atoms with Crippen LogP contribution in [-0.4, -0.2) is 24.5 Å². The minimum absolute atomic E-state index is 0.00481. The molecule has 0 saturated heterocycles. The maximum absolute atomic E-state index is 13.3. The Balaban J connectivity index is 1.65. The molecule has 1 saturated carbocycles. The number of primary amides is 1.